The summed E-state index contributed by atoms with van der Waals surface area (Å²) in [5.74, 6) is -0.379. The smallest absolute Gasteiger partial charge is 0.311 e. The summed E-state index contributed by atoms with van der Waals surface area (Å²) in [6, 6.07) is 0.188. The third kappa shape index (κ3) is 3.88. The van der Waals surface area contributed by atoms with Crippen molar-refractivity contribution in [3.63, 3.8) is 0 Å². The second kappa shape index (κ2) is 6.82. The first-order valence-corrected chi connectivity index (χ1v) is 8.02. The van der Waals surface area contributed by atoms with Crippen molar-refractivity contribution in [2.75, 3.05) is 20.2 Å². The molecule has 0 radical (unpaired) electrons. The van der Waals surface area contributed by atoms with Crippen LogP contribution in [-0.2, 0) is 19.1 Å². The van der Waals surface area contributed by atoms with Gasteiger partial charge in [0.05, 0.1) is 18.4 Å². The molecule has 0 aromatic rings. The van der Waals surface area contributed by atoms with Gasteiger partial charge in [-0.1, -0.05) is 12.5 Å². The van der Waals surface area contributed by atoms with E-state index in [9.17, 15) is 9.59 Å². The lowest BCUT2D eigenvalue weighted by Gasteiger charge is -2.36. The van der Waals surface area contributed by atoms with Crippen molar-refractivity contribution in [1.82, 2.24) is 4.90 Å². The summed E-state index contributed by atoms with van der Waals surface area (Å²) in [6.45, 7) is 7.00. The van der Waals surface area contributed by atoms with Gasteiger partial charge >= 0.3 is 11.9 Å². The summed E-state index contributed by atoms with van der Waals surface area (Å²) in [5, 5.41) is 0. The first-order chi connectivity index (χ1) is 10.3. The molecule has 1 saturated carbocycles. The molecular weight excluding hydrogens is 282 g/mol. The average molecular weight is 309 g/mol. The maximum Gasteiger partial charge on any atom is 0.311 e. The molecule has 1 aliphatic carbocycles. The zero-order valence-corrected chi connectivity index (χ0v) is 14.0. The van der Waals surface area contributed by atoms with Crippen molar-refractivity contribution in [3.8, 4) is 0 Å². The van der Waals surface area contributed by atoms with Crippen molar-refractivity contribution >= 4 is 11.9 Å². The Hall–Kier alpha value is -1.36. The van der Waals surface area contributed by atoms with E-state index in [1.54, 1.807) is 0 Å². The summed E-state index contributed by atoms with van der Waals surface area (Å²) in [5.41, 5.74) is -0.502. The van der Waals surface area contributed by atoms with Crippen molar-refractivity contribution in [1.29, 1.82) is 0 Å². The predicted octanol–water partition coefficient (Wildman–Crippen LogP) is 2.16. The highest BCUT2D eigenvalue weighted by Crippen LogP contribution is 2.32. The molecular formula is C17H27NO4. The van der Waals surface area contributed by atoms with Gasteiger partial charge in [-0.05, 0) is 39.7 Å². The lowest BCUT2D eigenvalue weighted by molar-refractivity contribution is -0.158. The Balaban J connectivity index is 1.98. The number of hydrogen-bond donors (Lipinski definition) is 0. The molecule has 0 spiro atoms. The number of hydrogen-bond acceptors (Lipinski definition) is 5. The third-order valence-corrected chi connectivity index (χ3v) is 4.43. The van der Waals surface area contributed by atoms with Gasteiger partial charge in [0.1, 0.15) is 6.10 Å². The second-order valence-electron chi connectivity index (χ2n) is 7.20. The lowest BCUT2D eigenvalue weighted by atomic mass is 9.97. The molecule has 22 heavy (non-hydrogen) atoms. The Morgan fingerprint density at radius 1 is 1.23 bits per heavy atom. The third-order valence-electron chi connectivity index (χ3n) is 4.43. The van der Waals surface area contributed by atoms with Gasteiger partial charge in [0.25, 0.3) is 0 Å². The van der Waals surface area contributed by atoms with E-state index in [1.807, 2.05) is 32.9 Å². The molecule has 124 valence electrons. The van der Waals surface area contributed by atoms with E-state index in [-0.39, 0.29) is 30.0 Å². The lowest BCUT2D eigenvalue weighted by Crippen LogP contribution is -2.47. The van der Waals surface area contributed by atoms with Crippen molar-refractivity contribution < 1.29 is 19.1 Å². The minimum absolute atomic E-state index is 0.0598. The minimum atomic E-state index is -0.502. The number of methoxy groups -OCH3 is 1. The van der Waals surface area contributed by atoms with Crippen LogP contribution in [0.4, 0.5) is 0 Å². The molecule has 0 bridgehead atoms. The Morgan fingerprint density at radius 3 is 2.59 bits per heavy atom. The summed E-state index contributed by atoms with van der Waals surface area (Å²) in [4.78, 5) is 26.2. The van der Waals surface area contributed by atoms with E-state index in [0.29, 0.717) is 6.54 Å². The number of carbonyl (C=O) groups excluding carboxylic acids is 2. The van der Waals surface area contributed by atoms with Crippen LogP contribution in [-0.4, -0.2) is 49.2 Å². The normalized spacial score (nSPS) is 29.4. The van der Waals surface area contributed by atoms with Gasteiger partial charge in [-0.15, -0.1) is 0 Å². The first-order valence-electron chi connectivity index (χ1n) is 8.02. The summed E-state index contributed by atoms with van der Waals surface area (Å²) in [6.07, 6.45) is 6.65. The zero-order valence-electron chi connectivity index (χ0n) is 14.0. The highest BCUT2D eigenvalue weighted by molar-refractivity contribution is 5.75. The van der Waals surface area contributed by atoms with Crippen molar-refractivity contribution in [3.05, 3.63) is 12.2 Å². The second-order valence-corrected chi connectivity index (χ2v) is 7.20. The highest BCUT2D eigenvalue weighted by atomic mass is 16.5. The molecule has 0 saturated heterocycles. The van der Waals surface area contributed by atoms with Crippen LogP contribution in [0.2, 0.25) is 0 Å². The predicted molar refractivity (Wildman–Crippen MR) is 83.2 cm³/mol. The summed E-state index contributed by atoms with van der Waals surface area (Å²) in [7, 11) is 1.45. The SMILES string of the molecule is COC(=O)C1CCCC1N1CC=CC(OC(=O)C(C)(C)C)C1. The Bertz CT molecular complexity index is 452. The zero-order chi connectivity index (χ0) is 16.3. The van der Waals surface area contributed by atoms with E-state index >= 15 is 0 Å². The van der Waals surface area contributed by atoms with Crippen LogP contribution in [0.3, 0.4) is 0 Å². The molecule has 5 heteroatoms. The van der Waals surface area contributed by atoms with Gasteiger partial charge in [-0.2, -0.15) is 0 Å². The van der Waals surface area contributed by atoms with Crippen LogP contribution in [0.5, 0.6) is 0 Å². The quantitative estimate of drug-likeness (QED) is 0.590. The number of esters is 2. The standard InChI is InChI=1S/C17H27NO4/c1-17(2,3)16(20)22-12-7-6-10-18(11-12)14-9-5-8-13(14)15(19)21-4/h6-7,12-14H,5,8-11H2,1-4H3. The fourth-order valence-corrected chi connectivity index (χ4v) is 3.18. The molecule has 0 amide bonds. The molecule has 1 aliphatic heterocycles. The van der Waals surface area contributed by atoms with Gasteiger partial charge in [-0.3, -0.25) is 14.5 Å². The monoisotopic (exact) mass is 309 g/mol. The van der Waals surface area contributed by atoms with E-state index in [0.717, 1.165) is 25.8 Å². The number of ether oxygens (including phenoxy) is 2. The maximum absolute atomic E-state index is 12.0. The Kier molecular flexibility index (Phi) is 5.27. The first kappa shape index (κ1) is 17.0. The molecule has 5 nitrogen and oxygen atoms in total. The number of nitrogens with zero attached hydrogens (tertiary/aromatic N) is 1. The molecule has 3 atom stereocenters. The summed E-state index contributed by atoms with van der Waals surface area (Å²) < 4.78 is 10.5. The van der Waals surface area contributed by atoms with Crippen LogP contribution in [0.15, 0.2) is 12.2 Å². The van der Waals surface area contributed by atoms with Crippen molar-refractivity contribution in [2.45, 2.75) is 52.2 Å². The van der Waals surface area contributed by atoms with E-state index in [4.69, 9.17) is 9.47 Å². The fourth-order valence-electron chi connectivity index (χ4n) is 3.18. The van der Waals surface area contributed by atoms with Gasteiger partial charge in [0, 0.05) is 19.1 Å². The Labute approximate surface area is 132 Å². The molecule has 1 heterocycles. The van der Waals surface area contributed by atoms with E-state index in [1.165, 1.54) is 7.11 Å². The summed E-state index contributed by atoms with van der Waals surface area (Å²) >= 11 is 0. The largest absolute Gasteiger partial charge is 0.469 e. The van der Waals surface area contributed by atoms with Crippen LogP contribution in [0.1, 0.15) is 40.0 Å². The Morgan fingerprint density at radius 2 is 1.95 bits per heavy atom. The topological polar surface area (TPSA) is 55.8 Å². The molecule has 0 aromatic heterocycles. The van der Waals surface area contributed by atoms with Crippen molar-refractivity contribution in [2.24, 2.45) is 11.3 Å². The molecule has 3 unspecified atom stereocenters. The molecule has 2 rings (SSSR count). The molecule has 0 aromatic carbocycles. The van der Waals surface area contributed by atoms with Gasteiger partial charge < -0.3 is 9.47 Å². The molecule has 2 aliphatic rings. The fraction of sp³-hybridized carbons (Fsp3) is 0.765. The van der Waals surface area contributed by atoms with E-state index < -0.39 is 5.41 Å². The van der Waals surface area contributed by atoms with E-state index in [2.05, 4.69) is 4.90 Å². The average Bonchev–Trinajstić information content (AvgIpc) is 2.95. The van der Waals surface area contributed by atoms with Crippen LogP contribution in [0, 0.1) is 11.3 Å². The number of carbonyl (C=O) groups is 2. The van der Waals surface area contributed by atoms with Crippen LogP contribution < -0.4 is 0 Å². The van der Waals surface area contributed by atoms with Gasteiger partial charge in [0.15, 0.2) is 0 Å². The molecule has 1 fully saturated rings. The molecule has 0 N–H and O–H groups in total. The van der Waals surface area contributed by atoms with Crippen LogP contribution >= 0.6 is 0 Å². The van der Waals surface area contributed by atoms with Gasteiger partial charge in [0.2, 0.25) is 0 Å². The minimum Gasteiger partial charge on any atom is -0.469 e. The highest BCUT2D eigenvalue weighted by Gasteiger charge is 2.39. The number of rotatable bonds is 3. The van der Waals surface area contributed by atoms with Gasteiger partial charge in [-0.25, -0.2) is 0 Å². The van der Waals surface area contributed by atoms with Crippen LogP contribution in [0.25, 0.3) is 0 Å². The maximum atomic E-state index is 12.0.